The molecule has 0 spiro atoms. The summed E-state index contributed by atoms with van der Waals surface area (Å²) >= 11 is 0. The van der Waals surface area contributed by atoms with E-state index in [0.717, 1.165) is 90.2 Å². The van der Waals surface area contributed by atoms with Crippen molar-refractivity contribution in [1.29, 1.82) is 0 Å². The molecule has 272 valence electrons. The number of hydrogen-bond donors (Lipinski definition) is 0. The third kappa shape index (κ3) is 6.65. The molecule has 0 N–H and O–H groups in total. The van der Waals surface area contributed by atoms with Crippen LogP contribution in [-0.2, 0) is 4.74 Å². The first-order chi connectivity index (χ1) is 23.7. The van der Waals surface area contributed by atoms with Crippen LogP contribution < -0.4 is 0 Å². The minimum Gasteiger partial charge on any atom is -0.378 e. The van der Waals surface area contributed by atoms with E-state index < -0.39 is 0 Å². The Labute approximate surface area is 296 Å². The fraction of sp³-hybridized carbons (Fsp3) is 1.00. The molecule has 3 heteroatoms. The van der Waals surface area contributed by atoms with Crippen molar-refractivity contribution >= 4 is 0 Å². The van der Waals surface area contributed by atoms with Crippen molar-refractivity contribution in [1.82, 2.24) is 9.80 Å². The standard InChI is InChI=1S/C45H76N2O/c1-31-14-25-37(26-15-31)48-29-28-32-16-27-45-41(30-32)40-10-4-7-13-44(40)47(45)36-23-19-34(20-24-36)33-17-21-35(22-18-33)46-42-11-5-2-8-38(42)39-9-3-6-12-43(39)46/h31-45H,2-30H2,1H3. The monoisotopic (exact) mass is 661 g/mol. The van der Waals surface area contributed by atoms with Crippen LogP contribution in [0.4, 0.5) is 0 Å². The van der Waals surface area contributed by atoms with E-state index >= 15 is 0 Å². The van der Waals surface area contributed by atoms with Gasteiger partial charge in [-0.3, -0.25) is 9.80 Å². The first-order valence-electron chi connectivity index (χ1n) is 22.9. The Bertz CT molecular complexity index is 1000. The third-order valence-electron chi connectivity index (χ3n) is 17.8. The van der Waals surface area contributed by atoms with E-state index in [2.05, 4.69) is 16.7 Å². The maximum atomic E-state index is 6.49. The lowest BCUT2D eigenvalue weighted by Gasteiger charge is -2.47. The summed E-state index contributed by atoms with van der Waals surface area (Å²) in [5, 5.41) is 0. The lowest BCUT2D eigenvalue weighted by molar-refractivity contribution is 0.00446. The zero-order valence-electron chi connectivity index (χ0n) is 31.5. The molecule has 9 fully saturated rings. The molecular weight excluding hydrogens is 585 g/mol. The molecule has 2 heterocycles. The molecule has 2 saturated heterocycles. The summed E-state index contributed by atoms with van der Waals surface area (Å²) in [6, 6.07) is 5.69. The van der Waals surface area contributed by atoms with Crippen LogP contribution >= 0.6 is 0 Å². The Hall–Kier alpha value is -0.120. The topological polar surface area (TPSA) is 15.7 Å². The lowest BCUT2D eigenvalue weighted by Crippen LogP contribution is -2.49. The molecule has 0 bridgehead atoms. The Morgan fingerprint density at radius 1 is 0.438 bits per heavy atom. The Morgan fingerprint density at radius 3 is 1.42 bits per heavy atom. The van der Waals surface area contributed by atoms with Crippen LogP contribution in [0.2, 0.25) is 0 Å². The van der Waals surface area contributed by atoms with Crippen LogP contribution in [0.3, 0.4) is 0 Å². The molecule has 0 amide bonds. The number of nitrogens with zero attached hydrogens (tertiary/aromatic N) is 2. The molecule has 9 rings (SSSR count). The Balaban J connectivity index is 0.768. The number of rotatable bonds is 7. The minimum absolute atomic E-state index is 0.575. The van der Waals surface area contributed by atoms with Gasteiger partial charge in [-0.15, -0.1) is 0 Å². The summed E-state index contributed by atoms with van der Waals surface area (Å²) < 4.78 is 6.49. The second kappa shape index (κ2) is 15.1. The van der Waals surface area contributed by atoms with Crippen molar-refractivity contribution in [2.45, 2.75) is 229 Å². The molecule has 48 heavy (non-hydrogen) atoms. The highest BCUT2D eigenvalue weighted by Gasteiger charge is 2.54. The summed E-state index contributed by atoms with van der Waals surface area (Å²) in [7, 11) is 0. The zero-order valence-corrected chi connectivity index (χ0v) is 31.5. The summed E-state index contributed by atoms with van der Waals surface area (Å²) in [5.74, 6) is 8.16. The van der Waals surface area contributed by atoms with E-state index in [1.807, 2.05) is 0 Å². The van der Waals surface area contributed by atoms with Crippen molar-refractivity contribution in [3.8, 4) is 0 Å². The Kier molecular flexibility index (Phi) is 10.6. The molecule has 3 nitrogen and oxygen atoms in total. The van der Waals surface area contributed by atoms with Gasteiger partial charge in [-0.1, -0.05) is 45.4 Å². The maximum absolute atomic E-state index is 6.49. The molecule has 0 aromatic rings. The highest BCUT2D eigenvalue weighted by Crippen LogP contribution is 2.55. The Morgan fingerprint density at radius 2 is 0.896 bits per heavy atom. The summed E-state index contributed by atoms with van der Waals surface area (Å²) in [6.45, 7) is 3.48. The molecule has 7 aliphatic carbocycles. The van der Waals surface area contributed by atoms with Crippen molar-refractivity contribution in [2.75, 3.05) is 6.61 Å². The van der Waals surface area contributed by atoms with Crippen LogP contribution in [0, 0.1) is 47.3 Å². The molecule has 7 saturated carbocycles. The van der Waals surface area contributed by atoms with Gasteiger partial charge in [0, 0.05) is 42.9 Å². The van der Waals surface area contributed by atoms with Gasteiger partial charge in [0.1, 0.15) is 0 Å². The number of fused-ring (bicyclic) bond motifs is 6. The molecule has 9 aliphatic rings. The van der Waals surface area contributed by atoms with Gasteiger partial charge in [0.05, 0.1) is 6.10 Å². The van der Waals surface area contributed by atoms with Gasteiger partial charge in [0.25, 0.3) is 0 Å². The quantitative estimate of drug-likeness (QED) is 0.270. The van der Waals surface area contributed by atoms with Gasteiger partial charge in [0.2, 0.25) is 0 Å². The van der Waals surface area contributed by atoms with E-state index in [-0.39, 0.29) is 0 Å². The maximum Gasteiger partial charge on any atom is 0.0575 e. The van der Waals surface area contributed by atoms with Gasteiger partial charge in [-0.25, -0.2) is 0 Å². The van der Waals surface area contributed by atoms with Crippen molar-refractivity contribution < 1.29 is 4.74 Å². The predicted molar refractivity (Wildman–Crippen MR) is 199 cm³/mol. The van der Waals surface area contributed by atoms with Gasteiger partial charge in [-0.2, -0.15) is 0 Å². The molecule has 9 atom stereocenters. The third-order valence-corrected chi connectivity index (χ3v) is 17.8. The molecular formula is C45H76N2O. The largest absolute Gasteiger partial charge is 0.378 e. The second-order valence-electron chi connectivity index (χ2n) is 20.0. The summed E-state index contributed by atoms with van der Waals surface area (Å²) in [6.07, 6.45) is 42.7. The molecule has 9 unspecified atom stereocenters. The molecule has 0 aromatic heterocycles. The van der Waals surface area contributed by atoms with Crippen molar-refractivity contribution in [3.63, 3.8) is 0 Å². The average molecular weight is 661 g/mol. The fourth-order valence-corrected chi connectivity index (χ4v) is 15.5. The lowest BCUT2D eigenvalue weighted by atomic mass is 9.70. The number of hydrogen-bond acceptors (Lipinski definition) is 3. The number of ether oxygens (including phenoxy) is 1. The van der Waals surface area contributed by atoms with Gasteiger partial charge in [-0.05, 0) is 189 Å². The van der Waals surface area contributed by atoms with Crippen LogP contribution in [0.5, 0.6) is 0 Å². The highest BCUT2D eigenvalue weighted by atomic mass is 16.5. The van der Waals surface area contributed by atoms with E-state index in [1.54, 1.807) is 57.8 Å². The normalized spacial score (nSPS) is 50.3. The molecule has 2 aliphatic heterocycles. The van der Waals surface area contributed by atoms with Crippen molar-refractivity contribution in [3.05, 3.63) is 0 Å². The first-order valence-corrected chi connectivity index (χ1v) is 22.9. The smallest absolute Gasteiger partial charge is 0.0575 e. The summed E-state index contributed by atoms with van der Waals surface area (Å²) in [5.41, 5.74) is 0. The first kappa shape index (κ1) is 33.7. The minimum atomic E-state index is 0.575. The van der Waals surface area contributed by atoms with Gasteiger partial charge < -0.3 is 4.74 Å². The van der Waals surface area contributed by atoms with E-state index in [9.17, 15) is 0 Å². The summed E-state index contributed by atoms with van der Waals surface area (Å²) in [4.78, 5) is 6.51. The van der Waals surface area contributed by atoms with Gasteiger partial charge >= 0.3 is 0 Å². The molecule has 0 aromatic carbocycles. The van der Waals surface area contributed by atoms with E-state index in [0.29, 0.717) is 6.10 Å². The van der Waals surface area contributed by atoms with E-state index in [1.165, 1.54) is 122 Å². The predicted octanol–water partition coefficient (Wildman–Crippen LogP) is 11.2. The zero-order chi connectivity index (χ0) is 32.0. The number of likely N-dealkylation sites (tertiary alicyclic amines) is 2. The van der Waals surface area contributed by atoms with Crippen molar-refractivity contribution in [2.24, 2.45) is 47.3 Å². The van der Waals surface area contributed by atoms with Crippen LogP contribution in [-0.4, -0.2) is 58.8 Å². The van der Waals surface area contributed by atoms with Gasteiger partial charge in [0.15, 0.2) is 0 Å². The van der Waals surface area contributed by atoms with Crippen LogP contribution in [0.1, 0.15) is 187 Å². The average Bonchev–Trinajstić information content (AvgIpc) is 3.65. The van der Waals surface area contributed by atoms with E-state index in [4.69, 9.17) is 4.74 Å². The van der Waals surface area contributed by atoms with Crippen LogP contribution in [0.15, 0.2) is 0 Å². The molecule has 0 radical (unpaired) electrons. The second-order valence-corrected chi connectivity index (χ2v) is 20.0. The highest BCUT2D eigenvalue weighted by molar-refractivity contribution is 5.08. The fourth-order valence-electron chi connectivity index (χ4n) is 15.5. The SMILES string of the molecule is CC1CCC(OCCC2CCC3C(C2)C2CCCCC2N3C2CCC(C3CCC(N4C5CCCCC5C5CCCCC54)CC3)CC2)CC1. The van der Waals surface area contributed by atoms with Crippen LogP contribution in [0.25, 0.3) is 0 Å².